The molecule has 1 heteroatoms. The summed E-state index contributed by atoms with van der Waals surface area (Å²) in [5, 5.41) is 4.90. The van der Waals surface area contributed by atoms with E-state index in [2.05, 4.69) is 228 Å². The van der Waals surface area contributed by atoms with Gasteiger partial charge in [0.05, 0.1) is 11.4 Å². The molecule has 1 nitrogen and oxygen atoms in total. The van der Waals surface area contributed by atoms with Crippen molar-refractivity contribution in [3.8, 4) is 44.5 Å². The summed E-state index contributed by atoms with van der Waals surface area (Å²) in [5.41, 5.74) is 18.8. The van der Waals surface area contributed by atoms with Crippen LogP contribution >= 0.6 is 0 Å². The summed E-state index contributed by atoms with van der Waals surface area (Å²) in [4.78, 5) is 5.31. The Bertz CT molecular complexity index is 3200. The molecule has 0 bridgehead atoms. The van der Waals surface area contributed by atoms with Gasteiger partial charge in [-0.25, -0.2) is 4.99 Å². The predicted octanol–water partition coefficient (Wildman–Crippen LogP) is 16.8. The van der Waals surface area contributed by atoms with E-state index in [1.807, 2.05) is 6.08 Å². The molecule has 298 valence electrons. The second-order valence-corrected chi connectivity index (χ2v) is 17.1. The summed E-state index contributed by atoms with van der Waals surface area (Å²) in [6.07, 6.45) is 15.8. The van der Waals surface area contributed by atoms with Crippen LogP contribution in [0.2, 0.25) is 0 Å². The zero-order chi connectivity index (χ0) is 42.4. The second kappa shape index (κ2) is 15.9. The van der Waals surface area contributed by atoms with Crippen LogP contribution in [0.5, 0.6) is 0 Å². The lowest BCUT2D eigenvalue weighted by molar-refractivity contribution is 0.660. The van der Waals surface area contributed by atoms with Crippen molar-refractivity contribution >= 4 is 45.1 Å². The molecule has 2 aliphatic rings. The van der Waals surface area contributed by atoms with Crippen molar-refractivity contribution in [1.29, 1.82) is 0 Å². The van der Waals surface area contributed by atoms with Gasteiger partial charge in [-0.05, 0) is 131 Å². The lowest BCUT2D eigenvalue weighted by Crippen LogP contribution is -2.14. The molecule has 2 aliphatic carbocycles. The van der Waals surface area contributed by atoms with Gasteiger partial charge >= 0.3 is 0 Å². The smallest absolute Gasteiger partial charge is 0.0741 e. The summed E-state index contributed by atoms with van der Waals surface area (Å²) in [7, 11) is 0. The van der Waals surface area contributed by atoms with E-state index < -0.39 is 0 Å². The Labute approximate surface area is 366 Å². The fourth-order valence-corrected chi connectivity index (χ4v) is 9.95. The third-order valence-electron chi connectivity index (χ3n) is 13.1. The van der Waals surface area contributed by atoms with Crippen LogP contribution in [-0.4, -0.2) is 5.71 Å². The van der Waals surface area contributed by atoms with E-state index >= 15 is 0 Å². The monoisotopic (exact) mass is 795 g/mol. The van der Waals surface area contributed by atoms with Crippen LogP contribution in [-0.2, 0) is 5.41 Å². The van der Waals surface area contributed by atoms with Crippen LogP contribution in [0.3, 0.4) is 0 Å². The van der Waals surface area contributed by atoms with Crippen LogP contribution < -0.4 is 0 Å². The zero-order valence-corrected chi connectivity index (χ0v) is 35.7. The molecule has 8 aromatic carbocycles. The Hall–Kier alpha value is -7.35. The number of aliphatic imine (C=N–C) groups is 1. The van der Waals surface area contributed by atoms with Gasteiger partial charge in [0.25, 0.3) is 0 Å². The van der Waals surface area contributed by atoms with Gasteiger partial charge in [-0.3, -0.25) is 0 Å². The number of allylic oxidation sites excluding steroid dienone is 6. The Kier molecular flexibility index (Phi) is 9.97. The molecule has 0 radical (unpaired) electrons. The van der Waals surface area contributed by atoms with Crippen molar-refractivity contribution in [1.82, 2.24) is 0 Å². The van der Waals surface area contributed by atoms with Gasteiger partial charge in [0.15, 0.2) is 0 Å². The maximum absolute atomic E-state index is 5.31. The second-order valence-electron chi connectivity index (χ2n) is 17.1. The van der Waals surface area contributed by atoms with Gasteiger partial charge in [0.1, 0.15) is 0 Å². The number of hydrogen-bond donors (Lipinski definition) is 0. The molecule has 0 saturated carbocycles. The number of fused-ring (bicyclic) bond motifs is 5. The number of hydrogen-bond acceptors (Lipinski definition) is 1. The van der Waals surface area contributed by atoms with E-state index in [0.717, 1.165) is 45.6 Å². The first-order valence-electron chi connectivity index (χ1n) is 21.7. The Morgan fingerprint density at radius 2 is 1.26 bits per heavy atom. The number of benzene rings is 8. The maximum Gasteiger partial charge on any atom is 0.0741 e. The van der Waals surface area contributed by atoms with Crippen LogP contribution in [0.15, 0.2) is 212 Å². The highest BCUT2D eigenvalue weighted by atomic mass is 14.8. The molecule has 0 amide bonds. The Morgan fingerprint density at radius 1 is 0.597 bits per heavy atom. The van der Waals surface area contributed by atoms with Gasteiger partial charge in [0.2, 0.25) is 0 Å². The minimum atomic E-state index is -0.115. The van der Waals surface area contributed by atoms with Crippen molar-refractivity contribution in [2.24, 2.45) is 10.9 Å². The van der Waals surface area contributed by atoms with Gasteiger partial charge in [0, 0.05) is 16.9 Å². The molecule has 0 heterocycles. The lowest BCUT2D eigenvalue weighted by atomic mass is 9.80. The van der Waals surface area contributed by atoms with Crippen molar-refractivity contribution in [3.63, 3.8) is 0 Å². The number of nitrogens with zero attached hydrogens (tertiary/aromatic N) is 1. The summed E-state index contributed by atoms with van der Waals surface area (Å²) in [5.74, 6) is 0.208. The largest absolute Gasteiger partial charge is 0.248 e. The summed E-state index contributed by atoms with van der Waals surface area (Å²) >= 11 is 0. The van der Waals surface area contributed by atoms with Crippen molar-refractivity contribution in [3.05, 3.63) is 235 Å². The highest BCUT2D eigenvalue weighted by molar-refractivity contribution is 6.23. The molecule has 0 N–H and O–H groups in total. The molecular formula is C61H49N. The standard InChI is InChI=1S/C61H49N/c1-6-19-45-38-46(31-30-41(45)7-2)47-34-37-51-54(39-47)58(53-27-18-29-56-59(53)52-26-16-17-28-55(52)61(56,4)5)50-25-15-14-24-49(50)57(51)43-32-35-48(36-33-43)62-60(44-22-12-9-13-23-44)40(3)42-20-10-8-11-21-42/h6-20,22-39,42H,2-3,21H2,1,4-5H3/b19-6-,62-60+. The highest BCUT2D eigenvalue weighted by Gasteiger charge is 2.37. The molecule has 0 aromatic heterocycles. The third kappa shape index (κ3) is 6.62. The lowest BCUT2D eigenvalue weighted by Gasteiger charge is -2.23. The van der Waals surface area contributed by atoms with E-state index in [4.69, 9.17) is 4.99 Å². The minimum Gasteiger partial charge on any atom is -0.248 e. The quantitative estimate of drug-likeness (QED) is 0.102. The third-order valence-corrected chi connectivity index (χ3v) is 13.1. The van der Waals surface area contributed by atoms with E-state index in [-0.39, 0.29) is 11.3 Å². The van der Waals surface area contributed by atoms with Crippen molar-refractivity contribution < 1.29 is 0 Å². The van der Waals surface area contributed by atoms with Crippen molar-refractivity contribution in [2.75, 3.05) is 0 Å². The average Bonchev–Trinajstić information content (AvgIpc) is 3.56. The maximum atomic E-state index is 5.31. The molecule has 1 unspecified atom stereocenters. The highest BCUT2D eigenvalue weighted by Crippen LogP contribution is 2.54. The van der Waals surface area contributed by atoms with Gasteiger partial charge < -0.3 is 0 Å². The van der Waals surface area contributed by atoms with Gasteiger partial charge in [-0.1, -0.05) is 203 Å². The van der Waals surface area contributed by atoms with E-state index in [1.165, 1.54) is 71.6 Å². The number of rotatable bonds is 9. The van der Waals surface area contributed by atoms with Crippen molar-refractivity contribution in [2.45, 2.75) is 32.6 Å². The topological polar surface area (TPSA) is 12.4 Å². The van der Waals surface area contributed by atoms with E-state index in [1.54, 1.807) is 0 Å². The van der Waals surface area contributed by atoms with Gasteiger partial charge in [-0.2, -0.15) is 0 Å². The molecule has 0 fully saturated rings. The molecule has 62 heavy (non-hydrogen) atoms. The summed E-state index contributed by atoms with van der Waals surface area (Å²) < 4.78 is 0. The summed E-state index contributed by atoms with van der Waals surface area (Å²) in [6, 6.07) is 58.0. The first kappa shape index (κ1) is 38.8. The van der Waals surface area contributed by atoms with E-state index in [0.29, 0.717) is 0 Å². The Morgan fingerprint density at radius 3 is 2.02 bits per heavy atom. The summed E-state index contributed by atoms with van der Waals surface area (Å²) in [6.45, 7) is 15.5. The van der Waals surface area contributed by atoms with Crippen LogP contribution in [0, 0.1) is 5.92 Å². The van der Waals surface area contributed by atoms with Crippen LogP contribution in [0.25, 0.3) is 78.2 Å². The SMILES string of the molecule is C=Cc1ccc(-c2ccc3c(-c4ccc(/N=C(\C(=C)C5C=CC=CC5)c5ccccc5)cc4)c4ccccc4c(-c4cccc5c4-c4ccccc4C5(C)C)c3c2)cc1/C=C\C. The normalized spacial score (nSPS) is 15.3. The van der Waals surface area contributed by atoms with E-state index in [9.17, 15) is 0 Å². The minimum absolute atomic E-state index is 0.115. The fourth-order valence-electron chi connectivity index (χ4n) is 9.95. The van der Waals surface area contributed by atoms with Gasteiger partial charge in [-0.15, -0.1) is 0 Å². The van der Waals surface area contributed by atoms with Crippen LogP contribution in [0.1, 0.15) is 55.0 Å². The first-order valence-corrected chi connectivity index (χ1v) is 21.7. The molecule has 1 atom stereocenters. The molecule has 0 saturated heterocycles. The molecule has 10 rings (SSSR count). The molecule has 0 aliphatic heterocycles. The van der Waals surface area contributed by atoms with Crippen LogP contribution in [0.4, 0.5) is 5.69 Å². The molecule has 0 spiro atoms. The zero-order valence-electron chi connectivity index (χ0n) is 35.7. The molecular weight excluding hydrogens is 747 g/mol. The predicted molar refractivity (Wildman–Crippen MR) is 268 cm³/mol. The average molecular weight is 796 g/mol. The Balaban J connectivity index is 1.20. The fraction of sp³-hybridized carbons (Fsp3) is 0.0984. The first-order chi connectivity index (χ1) is 30.4. The molecule has 8 aromatic rings.